The number of rotatable bonds is 4. The summed E-state index contributed by atoms with van der Waals surface area (Å²) in [7, 11) is 1.26. The smallest absolute Gasteiger partial charge is 0.374 e. The van der Waals surface area contributed by atoms with Crippen molar-refractivity contribution in [3.63, 3.8) is 0 Å². The molecule has 0 saturated carbocycles. The predicted molar refractivity (Wildman–Crippen MR) is 74.1 cm³/mol. The Balaban J connectivity index is 2.27. The van der Waals surface area contributed by atoms with Crippen LogP contribution < -0.4 is 0 Å². The van der Waals surface area contributed by atoms with E-state index in [1.165, 1.54) is 13.2 Å². The second-order valence-corrected chi connectivity index (χ2v) is 4.75. The molecule has 21 heavy (non-hydrogen) atoms. The first-order valence-electron chi connectivity index (χ1n) is 5.70. The van der Waals surface area contributed by atoms with E-state index in [9.17, 15) is 9.59 Å². The molecule has 0 aliphatic rings. The van der Waals surface area contributed by atoms with Gasteiger partial charge < -0.3 is 9.15 Å². The zero-order chi connectivity index (χ0) is 15.2. The lowest BCUT2D eigenvalue weighted by molar-refractivity contribution is 0.0559. The Labute approximate surface area is 123 Å². The van der Waals surface area contributed by atoms with Gasteiger partial charge in [0.25, 0.3) is 0 Å². The first-order valence-corrected chi connectivity index (χ1v) is 6.52. The van der Waals surface area contributed by atoms with Gasteiger partial charge in [-0.3, -0.25) is 4.79 Å². The molecule has 0 aliphatic carbocycles. The third-order valence-electron chi connectivity index (χ3n) is 2.43. The predicted octanol–water partition coefficient (Wildman–Crippen LogP) is 3.67. The summed E-state index contributed by atoms with van der Waals surface area (Å²) >= 11 is 1.14. The molecule has 0 atom stereocenters. The number of methoxy groups -OCH3 is 1. The van der Waals surface area contributed by atoms with Crippen LogP contribution in [-0.4, -0.2) is 19.0 Å². The fourth-order valence-corrected chi connectivity index (χ4v) is 2.42. The van der Waals surface area contributed by atoms with Crippen LogP contribution in [-0.2, 0) is 4.74 Å². The molecule has 8 heteroatoms. The number of azide groups is 1. The number of carbonyl (C=O) groups excluding carboxylic acids is 2. The Morgan fingerprint density at radius 3 is 2.76 bits per heavy atom. The van der Waals surface area contributed by atoms with Crippen molar-refractivity contribution in [2.24, 2.45) is 5.11 Å². The Bertz CT molecular complexity index is 735. The van der Waals surface area contributed by atoms with Crippen molar-refractivity contribution in [3.8, 4) is 0 Å². The van der Waals surface area contributed by atoms with Crippen molar-refractivity contribution >= 4 is 23.6 Å². The molecule has 0 spiro atoms. The van der Waals surface area contributed by atoms with Gasteiger partial charge in [0.2, 0.25) is 11.7 Å². The number of hydrogen-bond donors (Lipinski definition) is 0. The monoisotopic (exact) mass is 303 g/mol. The highest BCUT2D eigenvalue weighted by Gasteiger charge is 2.15. The maximum absolute atomic E-state index is 11.7. The van der Waals surface area contributed by atoms with Crippen molar-refractivity contribution in [1.29, 1.82) is 0 Å². The van der Waals surface area contributed by atoms with Crippen LogP contribution in [0.4, 0.5) is 0 Å². The minimum absolute atomic E-state index is 0.0684. The summed E-state index contributed by atoms with van der Waals surface area (Å²) in [5, 5.41) is 3.48. The van der Waals surface area contributed by atoms with Crippen molar-refractivity contribution in [2.75, 3.05) is 7.11 Å². The molecule has 2 rings (SSSR count). The normalized spacial score (nSPS) is 9.76. The first-order chi connectivity index (χ1) is 10.2. The van der Waals surface area contributed by atoms with Crippen LogP contribution in [0.3, 0.4) is 0 Å². The fourth-order valence-electron chi connectivity index (χ4n) is 1.52. The minimum Gasteiger partial charge on any atom is -0.463 e. The first kappa shape index (κ1) is 14.7. The van der Waals surface area contributed by atoms with Gasteiger partial charge in [-0.2, -0.15) is 0 Å². The molecule has 0 fully saturated rings. The molecular weight excluding hydrogens is 294 g/mol. The second kappa shape index (κ2) is 6.65. The SMILES string of the molecule is COC(=O)c1ccc(Sc2ccccc2C(=O)N=[N+]=[N-])o1. The van der Waals surface area contributed by atoms with Crippen molar-refractivity contribution in [3.05, 3.63) is 58.2 Å². The van der Waals surface area contributed by atoms with Crippen molar-refractivity contribution < 1.29 is 18.7 Å². The molecule has 0 unspecified atom stereocenters. The van der Waals surface area contributed by atoms with Crippen molar-refractivity contribution in [2.45, 2.75) is 9.99 Å². The molecule has 0 radical (unpaired) electrons. The molecule has 1 aromatic heterocycles. The molecule has 1 aromatic carbocycles. The van der Waals surface area contributed by atoms with Gasteiger partial charge in [0.05, 0.1) is 7.11 Å². The summed E-state index contributed by atoms with van der Waals surface area (Å²) in [4.78, 5) is 26.0. The lowest BCUT2D eigenvalue weighted by Gasteiger charge is -2.03. The number of amides is 1. The average molecular weight is 303 g/mol. The summed E-state index contributed by atoms with van der Waals surface area (Å²) in [5.41, 5.74) is 8.59. The third kappa shape index (κ3) is 3.44. The Morgan fingerprint density at radius 2 is 2.05 bits per heavy atom. The molecule has 0 bridgehead atoms. The number of hydrogen-bond acceptors (Lipinski definition) is 5. The van der Waals surface area contributed by atoms with Gasteiger partial charge in [-0.15, -0.1) is 0 Å². The van der Waals surface area contributed by atoms with E-state index >= 15 is 0 Å². The van der Waals surface area contributed by atoms with Crippen LogP contribution in [0.1, 0.15) is 20.9 Å². The second-order valence-electron chi connectivity index (χ2n) is 3.70. The standard InChI is InChI=1S/C13H9N3O4S/c1-19-13(18)9-6-7-11(20-9)21-10-5-3-2-4-8(10)12(17)15-16-14/h2-7H,1H3. The summed E-state index contributed by atoms with van der Waals surface area (Å²) in [5.74, 6) is -1.19. The number of ether oxygens (including phenoxy) is 1. The van der Waals surface area contributed by atoms with E-state index in [-0.39, 0.29) is 11.3 Å². The largest absolute Gasteiger partial charge is 0.463 e. The molecule has 0 aliphatic heterocycles. The molecule has 7 nitrogen and oxygen atoms in total. The van der Waals surface area contributed by atoms with Gasteiger partial charge in [-0.05, 0) is 28.8 Å². The van der Waals surface area contributed by atoms with Gasteiger partial charge in [-0.1, -0.05) is 30.0 Å². The maximum Gasteiger partial charge on any atom is 0.374 e. The fraction of sp³-hybridized carbons (Fsp3) is 0.0769. The molecule has 106 valence electrons. The van der Waals surface area contributed by atoms with Crippen molar-refractivity contribution in [1.82, 2.24) is 0 Å². The minimum atomic E-state index is -0.680. The van der Waals surface area contributed by atoms with Gasteiger partial charge in [0, 0.05) is 15.4 Å². The van der Waals surface area contributed by atoms with Crippen LogP contribution in [0.15, 0.2) is 55.9 Å². The number of furan rings is 1. The van der Waals surface area contributed by atoms with Crippen LogP contribution in [0.5, 0.6) is 0 Å². The zero-order valence-corrected chi connectivity index (χ0v) is 11.7. The maximum atomic E-state index is 11.7. The number of nitrogens with zero attached hydrogens (tertiary/aromatic N) is 3. The topological polar surface area (TPSA) is 105 Å². The van der Waals surface area contributed by atoms with Crippen LogP contribution in [0.2, 0.25) is 0 Å². The summed E-state index contributed by atoms with van der Waals surface area (Å²) in [6.45, 7) is 0. The van der Waals surface area contributed by atoms with E-state index in [4.69, 9.17) is 9.95 Å². The van der Waals surface area contributed by atoms with E-state index < -0.39 is 11.9 Å². The highest BCUT2D eigenvalue weighted by molar-refractivity contribution is 7.99. The van der Waals surface area contributed by atoms with Crippen LogP contribution in [0, 0.1) is 0 Å². The summed E-state index contributed by atoms with van der Waals surface area (Å²) in [6.07, 6.45) is 0. The van der Waals surface area contributed by atoms with Gasteiger partial charge in [-0.25, -0.2) is 4.79 Å². The highest BCUT2D eigenvalue weighted by Crippen LogP contribution is 2.32. The van der Waals surface area contributed by atoms with E-state index in [0.717, 1.165) is 11.8 Å². The Kier molecular flexibility index (Phi) is 4.65. The molecule has 0 N–H and O–H groups in total. The van der Waals surface area contributed by atoms with Crippen LogP contribution in [0.25, 0.3) is 10.4 Å². The van der Waals surface area contributed by atoms with Gasteiger partial charge >= 0.3 is 5.97 Å². The van der Waals surface area contributed by atoms with E-state index in [1.54, 1.807) is 30.3 Å². The van der Waals surface area contributed by atoms with Gasteiger partial charge in [0.15, 0.2) is 5.09 Å². The van der Waals surface area contributed by atoms with E-state index in [1.807, 2.05) is 0 Å². The van der Waals surface area contributed by atoms with E-state index in [2.05, 4.69) is 14.8 Å². The van der Waals surface area contributed by atoms with Crippen LogP contribution >= 0.6 is 11.8 Å². The zero-order valence-electron chi connectivity index (χ0n) is 10.8. The Morgan fingerprint density at radius 1 is 1.29 bits per heavy atom. The average Bonchev–Trinajstić information content (AvgIpc) is 2.96. The number of benzene rings is 1. The molecule has 1 heterocycles. The molecule has 2 aromatic rings. The van der Waals surface area contributed by atoms with Gasteiger partial charge in [0.1, 0.15) is 0 Å². The third-order valence-corrected chi connectivity index (χ3v) is 3.43. The molecular formula is C13H9N3O4S. The molecule has 0 saturated heterocycles. The quantitative estimate of drug-likeness (QED) is 0.371. The summed E-state index contributed by atoms with van der Waals surface area (Å²) < 4.78 is 9.85. The number of carbonyl (C=O) groups is 2. The molecule has 1 amide bonds. The Hall–Kier alpha value is -2.70. The lowest BCUT2D eigenvalue weighted by Crippen LogP contribution is -1.98. The number of esters is 1. The lowest BCUT2D eigenvalue weighted by atomic mass is 10.2. The summed E-state index contributed by atoms with van der Waals surface area (Å²) in [6, 6.07) is 9.69. The van der Waals surface area contributed by atoms with E-state index in [0.29, 0.717) is 9.99 Å². The highest BCUT2D eigenvalue weighted by atomic mass is 32.2.